The first kappa shape index (κ1) is 14.1. The highest BCUT2D eigenvalue weighted by Crippen LogP contribution is 2.26. The van der Waals surface area contributed by atoms with Crippen LogP contribution in [0, 0.1) is 0 Å². The van der Waals surface area contributed by atoms with Gasteiger partial charge in [-0.2, -0.15) is 0 Å². The summed E-state index contributed by atoms with van der Waals surface area (Å²) in [5.74, 6) is 0.351. The van der Waals surface area contributed by atoms with E-state index in [2.05, 4.69) is 10.3 Å². The van der Waals surface area contributed by atoms with E-state index in [9.17, 15) is 4.79 Å². The summed E-state index contributed by atoms with van der Waals surface area (Å²) in [6.45, 7) is 2.74. The molecule has 2 rings (SSSR count). The molecule has 0 aliphatic heterocycles. The molecule has 0 atom stereocenters. The predicted molar refractivity (Wildman–Crippen MR) is 76.8 cm³/mol. The summed E-state index contributed by atoms with van der Waals surface area (Å²) in [6, 6.07) is 7.50. The number of Topliss-reactive ketones (excluding diaryl/α,β-unsaturated/α-hetero) is 1. The highest BCUT2D eigenvalue weighted by molar-refractivity contribution is 8.00. The van der Waals surface area contributed by atoms with Crippen LogP contribution in [-0.2, 0) is 6.54 Å². The van der Waals surface area contributed by atoms with Crippen molar-refractivity contribution < 1.29 is 4.79 Å². The van der Waals surface area contributed by atoms with E-state index in [0.717, 1.165) is 11.3 Å². The molecule has 1 aromatic carbocycles. The monoisotopic (exact) mass is 295 g/mol. The van der Waals surface area contributed by atoms with Crippen molar-refractivity contribution in [3.8, 4) is 0 Å². The Balaban J connectivity index is 2.02. The van der Waals surface area contributed by atoms with Crippen LogP contribution in [0.5, 0.6) is 0 Å². The third-order valence-corrected chi connectivity index (χ3v) is 4.05. The zero-order valence-corrected chi connectivity index (χ0v) is 12.1. The largest absolute Gasteiger partial charge is 0.291 e. The minimum Gasteiger partial charge on any atom is -0.291 e. The number of carbonyl (C=O) groups is 1. The lowest BCUT2D eigenvalue weighted by Crippen LogP contribution is -2.12. The number of benzene rings is 1. The molecule has 2 aromatic rings. The number of nitrogens with zero attached hydrogens (tertiary/aromatic N) is 3. The predicted octanol–water partition coefficient (Wildman–Crippen LogP) is 3.32. The highest BCUT2D eigenvalue weighted by atomic mass is 35.5. The van der Waals surface area contributed by atoms with Crippen LogP contribution in [0.25, 0.3) is 0 Å². The van der Waals surface area contributed by atoms with Gasteiger partial charge in [0.15, 0.2) is 5.78 Å². The maximum Gasteiger partial charge on any atom is 0.192 e. The van der Waals surface area contributed by atoms with Crippen molar-refractivity contribution in [1.29, 1.82) is 0 Å². The highest BCUT2D eigenvalue weighted by Gasteiger charge is 2.13. The zero-order chi connectivity index (χ0) is 13.7. The Kier molecular flexibility index (Phi) is 4.99. The number of ketones is 1. The van der Waals surface area contributed by atoms with Gasteiger partial charge in [-0.05, 0) is 18.6 Å². The molecule has 1 aromatic heterocycles. The summed E-state index contributed by atoms with van der Waals surface area (Å²) in [7, 11) is 0. The van der Waals surface area contributed by atoms with Crippen LogP contribution in [-0.4, -0.2) is 26.5 Å². The van der Waals surface area contributed by atoms with Crippen molar-refractivity contribution in [2.24, 2.45) is 0 Å². The molecule has 0 bridgehead atoms. The topological polar surface area (TPSA) is 47.8 Å². The summed E-state index contributed by atoms with van der Waals surface area (Å²) in [5, 5.41) is 8.37. The summed E-state index contributed by atoms with van der Waals surface area (Å²) in [6.07, 6.45) is 2.44. The first-order valence-corrected chi connectivity index (χ1v) is 7.37. The van der Waals surface area contributed by atoms with Crippen LogP contribution in [0.2, 0.25) is 5.02 Å². The summed E-state index contributed by atoms with van der Waals surface area (Å²) in [5.41, 5.74) is 0.557. The van der Waals surface area contributed by atoms with Gasteiger partial charge in [0.1, 0.15) is 5.69 Å². The van der Waals surface area contributed by atoms with E-state index >= 15 is 0 Å². The fourth-order valence-electron chi connectivity index (χ4n) is 1.63. The van der Waals surface area contributed by atoms with Gasteiger partial charge in [-0.1, -0.05) is 35.9 Å². The maximum atomic E-state index is 12.1. The zero-order valence-electron chi connectivity index (χ0n) is 10.5. The number of aryl methyl sites for hydroxylation is 1. The quantitative estimate of drug-likeness (QED) is 0.606. The SMILES string of the molecule is CCCn1nncc1C(=O)CSc1ccccc1Cl. The Labute approximate surface area is 121 Å². The van der Waals surface area contributed by atoms with E-state index in [1.807, 2.05) is 31.2 Å². The first-order valence-electron chi connectivity index (χ1n) is 6.01. The maximum absolute atomic E-state index is 12.1. The summed E-state index contributed by atoms with van der Waals surface area (Å²) in [4.78, 5) is 13.0. The molecule has 0 aliphatic carbocycles. The van der Waals surface area contributed by atoms with Gasteiger partial charge in [-0.25, -0.2) is 4.68 Å². The normalized spacial score (nSPS) is 10.6. The number of thioether (sulfide) groups is 1. The van der Waals surface area contributed by atoms with Gasteiger partial charge >= 0.3 is 0 Å². The fraction of sp³-hybridized carbons (Fsp3) is 0.308. The molecule has 0 unspecified atom stereocenters. The van der Waals surface area contributed by atoms with Crippen molar-refractivity contribution in [3.05, 3.63) is 41.2 Å². The van der Waals surface area contributed by atoms with Crippen molar-refractivity contribution in [1.82, 2.24) is 15.0 Å². The minimum atomic E-state index is 0.0170. The number of hydrogen-bond acceptors (Lipinski definition) is 4. The standard InChI is InChI=1S/C13H14ClN3OS/c1-2-7-17-11(8-15-16-17)12(18)9-19-13-6-4-3-5-10(13)14/h3-6,8H,2,7,9H2,1H3. The second-order valence-electron chi connectivity index (χ2n) is 3.98. The molecule has 100 valence electrons. The Morgan fingerprint density at radius 1 is 1.42 bits per heavy atom. The number of aromatic nitrogens is 3. The first-order chi connectivity index (χ1) is 9.22. The number of hydrogen-bond donors (Lipinski definition) is 0. The fourth-order valence-corrected chi connectivity index (χ4v) is 2.74. The van der Waals surface area contributed by atoms with Gasteiger partial charge in [0, 0.05) is 11.4 Å². The molecule has 0 saturated carbocycles. The molecule has 0 saturated heterocycles. The Morgan fingerprint density at radius 3 is 2.95 bits per heavy atom. The summed E-state index contributed by atoms with van der Waals surface area (Å²) >= 11 is 7.48. The molecule has 0 spiro atoms. The lowest BCUT2D eigenvalue weighted by atomic mass is 10.3. The van der Waals surface area contributed by atoms with E-state index in [1.54, 1.807) is 4.68 Å². The molecule has 0 fully saturated rings. The van der Waals surface area contributed by atoms with Gasteiger partial charge in [-0.15, -0.1) is 16.9 Å². The van der Waals surface area contributed by atoms with E-state index < -0.39 is 0 Å². The molecule has 1 heterocycles. The second kappa shape index (κ2) is 6.73. The average Bonchev–Trinajstić information content (AvgIpc) is 2.86. The summed E-state index contributed by atoms with van der Waals surface area (Å²) < 4.78 is 1.65. The molecule has 4 nitrogen and oxygen atoms in total. The average molecular weight is 296 g/mol. The Bertz CT molecular complexity index is 571. The molecule has 0 N–H and O–H groups in total. The molecule has 0 amide bonds. The molecular weight excluding hydrogens is 282 g/mol. The molecule has 19 heavy (non-hydrogen) atoms. The van der Waals surface area contributed by atoms with Crippen LogP contribution in [0.15, 0.2) is 35.4 Å². The smallest absolute Gasteiger partial charge is 0.192 e. The Hall–Kier alpha value is -1.33. The van der Waals surface area contributed by atoms with Gasteiger partial charge < -0.3 is 0 Å². The third kappa shape index (κ3) is 3.58. The number of halogens is 1. The molecule has 0 radical (unpaired) electrons. The van der Waals surface area contributed by atoms with Crippen molar-refractivity contribution in [3.63, 3.8) is 0 Å². The van der Waals surface area contributed by atoms with Crippen LogP contribution in [0.3, 0.4) is 0 Å². The Morgan fingerprint density at radius 2 is 2.21 bits per heavy atom. The van der Waals surface area contributed by atoms with Crippen molar-refractivity contribution in [2.45, 2.75) is 24.8 Å². The van der Waals surface area contributed by atoms with Gasteiger partial charge in [0.05, 0.1) is 17.0 Å². The van der Waals surface area contributed by atoms with Crippen LogP contribution in [0.1, 0.15) is 23.8 Å². The van der Waals surface area contributed by atoms with Gasteiger partial charge in [0.25, 0.3) is 0 Å². The van der Waals surface area contributed by atoms with Gasteiger partial charge in [0.2, 0.25) is 0 Å². The second-order valence-corrected chi connectivity index (χ2v) is 5.41. The molecular formula is C13H14ClN3OS. The number of carbonyl (C=O) groups excluding carboxylic acids is 1. The lowest BCUT2D eigenvalue weighted by molar-refractivity contribution is 0.101. The number of rotatable bonds is 6. The van der Waals surface area contributed by atoms with Crippen molar-refractivity contribution >= 4 is 29.1 Å². The lowest BCUT2D eigenvalue weighted by Gasteiger charge is -2.05. The van der Waals surface area contributed by atoms with E-state index in [1.165, 1.54) is 18.0 Å². The van der Waals surface area contributed by atoms with Crippen LogP contribution in [0.4, 0.5) is 0 Å². The van der Waals surface area contributed by atoms with Crippen LogP contribution >= 0.6 is 23.4 Å². The molecule has 0 aliphatic rings. The van der Waals surface area contributed by atoms with E-state index in [4.69, 9.17) is 11.6 Å². The van der Waals surface area contributed by atoms with E-state index in [0.29, 0.717) is 23.0 Å². The molecule has 6 heteroatoms. The third-order valence-electron chi connectivity index (χ3n) is 2.53. The van der Waals surface area contributed by atoms with Crippen LogP contribution < -0.4 is 0 Å². The van der Waals surface area contributed by atoms with Gasteiger partial charge in [-0.3, -0.25) is 4.79 Å². The van der Waals surface area contributed by atoms with E-state index in [-0.39, 0.29) is 5.78 Å². The van der Waals surface area contributed by atoms with Crippen molar-refractivity contribution in [2.75, 3.05) is 5.75 Å². The minimum absolute atomic E-state index is 0.0170.